The maximum Gasteiger partial charge on any atom is 0.573 e. The first-order chi connectivity index (χ1) is 13.7. The smallest absolute Gasteiger partial charge is 0.406 e. The Kier molecular flexibility index (Phi) is 6.66. The van der Waals surface area contributed by atoms with Gasteiger partial charge in [-0.2, -0.15) is 0 Å². The molecule has 0 N–H and O–H groups in total. The van der Waals surface area contributed by atoms with Crippen molar-refractivity contribution in [1.82, 2.24) is 9.80 Å². The summed E-state index contributed by atoms with van der Waals surface area (Å²) in [6, 6.07) is 5.20. The lowest BCUT2D eigenvalue weighted by atomic mass is 9.97. The van der Waals surface area contributed by atoms with Gasteiger partial charge in [0.2, 0.25) is 5.91 Å². The Morgan fingerprint density at radius 2 is 1.59 bits per heavy atom. The van der Waals surface area contributed by atoms with Crippen LogP contribution in [-0.4, -0.2) is 66.4 Å². The van der Waals surface area contributed by atoms with E-state index >= 15 is 0 Å². The molecule has 29 heavy (non-hydrogen) atoms. The van der Waals surface area contributed by atoms with Gasteiger partial charge in [0.25, 0.3) is 5.91 Å². The van der Waals surface area contributed by atoms with E-state index in [1.165, 1.54) is 12.1 Å². The molecule has 2 amide bonds. The Morgan fingerprint density at radius 3 is 2.10 bits per heavy atom. The molecule has 1 aromatic carbocycles. The maximum atomic E-state index is 12.7. The quantitative estimate of drug-likeness (QED) is 0.759. The third kappa shape index (κ3) is 5.62. The second-order valence-electron chi connectivity index (χ2n) is 7.37. The molecule has 0 radical (unpaired) electrons. The fourth-order valence-electron chi connectivity index (χ4n) is 4.10. The predicted octanol–water partition coefficient (Wildman–Crippen LogP) is 3.22. The highest BCUT2D eigenvalue weighted by Gasteiger charge is 2.34. The van der Waals surface area contributed by atoms with Gasteiger partial charge in [-0.3, -0.25) is 9.59 Å². The monoisotopic (exact) mass is 414 g/mol. The summed E-state index contributed by atoms with van der Waals surface area (Å²) in [5, 5.41) is 0. The number of halogens is 3. The number of carbonyl (C=O) groups excluding carboxylic acids is 2. The van der Waals surface area contributed by atoms with E-state index in [-0.39, 0.29) is 29.6 Å². The molecule has 2 aliphatic heterocycles. The molecule has 2 saturated heterocycles. The van der Waals surface area contributed by atoms with Crippen molar-refractivity contribution in [2.75, 3.05) is 26.3 Å². The van der Waals surface area contributed by atoms with Crippen molar-refractivity contribution in [2.24, 2.45) is 0 Å². The van der Waals surface area contributed by atoms with Gasteiger partial charge in [-0.1, -0.05) is 0 Å². The van der Waals surface area contributed by atoms with Crippen molar-refractivity contribution in [3.63, 3.8) is 0 Å². The third-order valence-electron chi connectivity index (χ3n) is 5.43. The summed E-state index contributed by atoms with van der Waals surface area (Å²) in [6.07, 6.45) is -1.76. The number of piperidine rings is 1. The van der Waals surface area contributed by atoms with Crippen molar-refractivity contribution in [1.29, 1.82) is 0 Å². The summed E-state index contributed by atoms with van der Waals surface area (Å²) >= 11 is 0. The SMILES string of the molecule is CC(=O)N(C1CCOCC1)C1CCN(C(=O)c2ccc(OC(F)(F)F)cc2)CC1. The molecule has 0 spiro atoms. The average molecular weight is 414 g/mol. The third-order valence-corrected chi connectivity index (χ3v) is 5.43. The van der Waals surface area contributed by atoms with Gasteiger partial charge >= 0.3 is 6.36 Å². The molecule has 3 rings (SSSR count). The van der Waals surface area contributed by atoms with E-state index < -0.39 is 6.36 Å². The molecule has 2 aliphatic rings. The Balaban J connectivity index is 1.58. The standard InChI is InChI=1S/C20H25F3N2O4/c1-14(26)25(17-8-12-28-13-9-17)16-6-10-24(11-7-16)19(27)15-2-4-18(5-3-15)29-20(21,22)23/h2-5,16-17H,6-13H2,1H3. The van der Waals surface area contributed by atoms with E-state index in [1.807, 2.05) is 4.90 Å². The highest BCUT2D eigenvalue weighted by atomic mass is 19.4. The van der Waals surface area contributed by atoms with E-state index in [0.29, 0.717) is 44.7 Å². The Hall–Kier alpha value is -2.29. The number of ether oxygens (including phenoxy) is 2. The van der Waals surface area contributed by atoms with Gasteiger partial charge in [0.15, 0.2) is 0 Å². The summed E-state index contributed by atoms with van der Waals surface area (Å²) < 4.78 is 46.0. The number of amides is 2. The van der Waals surface area contributed by atoms with Gasteiger partial charge in [0, 0.05) is 50.9 Å². The molecule has 0 unspecified atom stereocenters. The molecule has 0 atom stereocenters. The number of nitrogens with zero attached hydrogens (tertiary/aromatic N) is 2. The Bertz CT molecular complexity index is 709. The van der Waals surface area contributed by atoms with Crippen molar-refractivity contribution in [3.8, 4) is 5.75 Å². The zero-order valence-electron chi connectivity index (χ0n) is 16.3. The van der Waals surface area contributed by atoms with Crippen LogP contribution in [0.25, 0.3) is 0 Å². The molecule has 1 aromatic rings. The lowest BCUT2D eigenvalue weighted by Gasteiger charge is -2.43. The Morgan fingerprint density at radius 1 is 1.03 bits per heavy atom. The van der Waals surface area contributed by atoms with Crippen LogP contribution in [0.15, 0.2) is 24.3 Å². The second-order valence-corrected chi connectivity index (χ2v) is 7.37. The van der Waals surface area contributed by atoms with Crippen molar-refractivity contribution < 1.29 is 32.2 Å². The molecule has 2 fully saturated rings. The highest BCUT2D eigenvalue weighted by Crippen LogP contribution is 2.26. The number of hydrogen-bond donors (Lipinski definition) is 0. The molecule has 160 valence electrons. The first kappa shape index (κ1) is 21.4. The minimum absolute atomic E-state index is 0.0435. The molecule has 0 saturated carbocycles. The molecule has 6 nitrogen and oxygen atoms in total. The number of rotatable bonds is 4. The lowest BCUT2D eigenvalue weighted by molar-refractivity contribution is -0.274. The average Bonchev–Trinajstić information content (AvgIpc) is 2.68. The fourth-order valence-corrected chi connectivity index (χ4v) is 4.10. The minimum atomic E-state index is -4.76. The normalized spacial score (nSPS) is 19.1. The van der Waals surface area contributed by atoms with E-state index in [9.17, 15) is 22.8 Å². The number of carbonyl (C=O) groups is 2. The minimum Gasteiger partial charge on any atom is -0.406 e. The summed E-state index contributed by atoms with van der Waals surface area (Å²) in [4.78, 5) is 28.5. The van der Waals surface area contributed by atoms with Crippen LogP contribution in [0.3, 0.4) is 0 Å². The molecular formula is C20H25F3N2O4. The first-order valence-corrected chi connectivity index (χ1v) is 9.76. The van der Waals surface area contributed by atoms with Crippen LogP contribution < -0.4 is 4.74 Å². The zero-order valence-corrected chi connectivity index (χ0v) is 16.3. The second kappa shape index (κ2) is 9.02. The van der Waals surface area contributed by atoms with Crippen LogP contribution in [0.1, 0.15) is 43.0 Å². The van der Waals surface area contributed by atoms with Crippen LogP contribution in [0.4, 0.5) is 13.2 Å². The lowest BCUT2D eigenvalue weighted by Crippen LogP contribution is -2.53. The molecule has 0 aliphatic carbocycles. The molecular weight excluding hydrogens is 389 g/mol. The summed E-state index contributed by atoms with van der Waals surface area (Å²) in [7, 11) is 0. The van der Waals surface area contributed by atoms with Gasteiger partial charge < -0.3 is 19.3 Å². The van der Waals surface area contributed by atoms with Crippen molar-refractivity contribution >= 4 is 11.8 Å². The van der Waals surface area contributed by atoms with Crippen LogP contribution in [0.2, 0.25) is 0 Å². The van der Waals surface area contributed by atoms with Gasteiger partial charge in [-0.15, -0.1) is 13.2 Å². The van der Waals surface area contributed by atoms with Gasteiger partial charge in [0.05, 0.1) is 0 Å². The molecule has 9 heteroatoms. The largest absolute Gasteiger partial charge is 0.573 e. The number of alkyl halides is 3. The number of benzene rings is 1. The van der Waals surface area contributed by atoms with Crippen LogP contribution in [0.5, 0.6) is 5.75 Å². The summed E-state index contributed by atoms with van der Waals surface area (Å²) in [5.74, 6) is -0.550. The van der Waals surface area contributed by atoms with E-state index in [2.05, 4.69) is 4.74 Å². The van der Waals surface area contributed by atoms with E-state index in [0.717, 1.165) is 25.0 Å². The van der Waals surface area contributed by atoms with Crippen molar-refractivity contribution in [2.45, 2.75) is 51.1 Å². The Labute approximate surface area is 167 Å². The van der Waals surface area contributed by atoms with E-state index in [4.69, 9.17) is 4.74 Å². The maximum absolute atomic E-state index is 12.7. The van der Waals surface area contributed by atoms with Crippen LogP contribution >= 0.6 is 0 Å². The highest BCUT2D eigenvalue weighted by molar-refractivity contribution is 5.94. The summed E-state index contributed by atoms with van der Waals surface area (Å²) in [6.45, 7) is 3.88. The van der Waals surface area contributed by atoms with Crippen molar-refractivity contribution in [3.05, 3.63) is 29.8 Å². The first-order valence-electron chi connectivity index (χ1n) is 9.76. The van der Waals surface area contributed by atoms with Crippen LogP contribution in [0, 0.1) is 0 Å². The number of likely N-dealkylation sites (tertiary alicyclic amines) is 1. The summed E-state index contributed by atoms with van der Waals surface area (Å²) in [5.41, 5.74) is 0.311. The zero-order chi connectivity index (χ0) is 21.0. The fraction of sp³-hybridized carbons (Fsp3) is 0.600. The molecule has 2 heterocycles. The van der Waals surface area contributed by atoms with E-state index in [1.54, 1.807) is 11.8 Å². The van der Waals surface area contributed by atoms with Crippen LogP contribution in [-0.2, 0) is 9.53 Å². The predicted molar refractivity (Wildman–Crippen MR) is 98.4 cm³/mol. The topological polar surface area (TPSA) is 59.1 Å². The van der Waals surface area contributed by atoms with Gasteiger partial charge in [0.1, 0.15) is 5.75 Å². The van der Waals surface area contributed by atoms with Gasteiger partial charge in [-0.25, -0.2) is 0 Å². The number of hydrogen-bond acceptors (Lipinski definition) is 4. The molecule has 0 bridgehead atoms. The molecule has 0 aromatic heterocycles. The van der Waals surface area contributed by atoms with Gasteiger partial charge in [-0.05, 0) is 49.9 Å².